The molecule has 2 aliphatic heterocycles. The molecule has 3 aliphatic rings. The van der Waals surface area contributed by atoms with Gasteiger partial charge in [0.2, 0.25) is 0 Å². The molecular weight excluding hydrogens is 360 g/mol. The van der Waals surface area contributed by atoms with Crippen molar-refractivity contribution in [1.82, 2.24) is 9.80 Å². The lowest BCUT2D eigenvalue weighted by Gasteiger charge is -2.34. The number of allylic oxidation sites excluding steroid dienone is 1. The molecule has 0 aromatic heterocycles. The van der Waals surface area contributed by atoms with Gasteiger partial charge in [0, 0.05) is 18.2 Å². The normalized spacial score (nSPS) is 22.3. The van der Waals surface area contributed by atoms with E-state index in [2.05, 4.69) is 36.1 Å². The second-order valence-corrected chi connectivity index (χ2v) is 8.64. The van der Waals surface area contributed by atoms with E-state index < -0.39 is 0 Å². The zero-order valence-corrected chi connectivity index (χ0v) is 18.0. The maximum atomic E-state index is 13.1. The van der Waals surface area contributed by atoms with Gasteiger partial charge in [-0.15, -0.1) is 0 Å². The van der Waals surface area contributed by atoms with E-state index >= 15 is 0 Å². The Bertz CT molecular complexity index is 799. The van der Waals surface area contributed by atoms with Gasteiger partial charge >= 0.3 is 0 Å². The third-order valence-corrected chi connectivity index (χ3v) is 6.74. The summed E-state index contributed by atoms with van der Waals surface area (Å²) in [5, 5.41) is 0. The zero-order valence-electron chi connectivity index (χ0n) is 18.0. The van der Waals surface area contributed by atoms with Crippen molar-refractivity contribution >= 4 is 17.2 Å². The Balaban J connectivity index is 1.61. The number of carbonyl (C=O) groups excluding carboxylic acids is 1. The Labute approximate surface area is 175 Å². The first-order chi connectivity index (χ1) is 14.2. The molecule has 0 atom stereocenters. The number of piperidine rings is 1. The molecule has 0 bridgehead atoms. The Morgan fingerprint density at radius 2 is 1.83 bits per heavy atom. The average molecular weight is 395 g/mol. The molecule has 4 rings (SSSR count). The van der Waals surface area contributed by atoms with E-state index in [9.17, 15) is 4.79 Å². The maximum Gasteiger partial charge on any atom is 0.256 e. The number of ether oxygens (including phenoxy) is 1. The molecule has 1 amide bonds. The average Bonchev–Trinajstić information content (AvgIpc) is 3.29. The highest BCUT2D eigenvalue weighted by Crippen LogP contribution is 2.34. The van der Waals surface area contributed by atoms with Crippen LogP contribution in [0.3, 0.4) is 0 Å². The third kappa shape index (κ3) is 4.28. The monoisotopic (exact) mass is 394 g/mol. The van der Waals surface area contributed by atoms with Gasteiger partial charge in [-0.05, 0) is 63.8 Å². The second-order valence-electron chi connectivity index (χ2n) is 8.64. The minimum Gasteiger partial charge on any atom is -0.472 e. The number of benzene rings is 1. The van der Waals surface area contributed by atoms with Crippen molar-refractivity contribution in [2.45, 2.75) is 64.8 Å². The van der Waals surface area contributed by atoms with E-state index in [4.69, 9.17) is 4.74 Å². The molecule has 4 heteroatoms. The molecular formula is C25H34N2O2. The Hall–Kier alpha value is -2.07. The summed E-state index contributed by atoms with van der Waals surface area (Å²) >= 11 is 0. The highest BCUT2D eigenvalue weighted by atomic mass is 16.5. The van der Waals surface area contributed by atoms with Crippen LogP contribution in [0, 0.1) is 0 Å². The largest absolute Gasteiger partial charge is 0.472 e. The number of amides is 1. The number of rotatable bonds is 5. The molecule has 4 nitrogen and oxygen atoms in total. The minimum atomic E-state index is 0.144. The van der Waals surface area contributed by atoms with Crippen LogP contribution in [-0.2, 0) is 9.53 Å². The van der Waals surface area contributed by atoms with E-state index in [-0.39, 0.29) is 5.91 Å². The molecule has 0 N–H and O–H groups in total. The summed E-state index contributed by atoms with van der Waals surface area (Å²) < 4.78 is 6.24. The predicted octanol–water partition coefficient (Wildman–Crippen LogP) is 5.07. The maximum absolute atomic E-state index is 13.1. The van der Waals surface area contributed by atoms with Crippen molar-refractivity contribution in [2.24, 2.45) is 0 Å². The lowest BCUT2D eigenvalue weighted by molar-refractivity contribution is -0.135. The molecule has 29 heavy (non-hydrogen) atoms. The number of hydrogen-bond acceptors (Lipinski definition) is 3. The van der Waals surface area contributed by atoms with Crippen LogP contribution in [0.5, 0.6) is 0 Å². The van der Waals surface area contributed by atoms with Gasteiger partial charge in [-0.3, -0.25) is 9.69 Å². The summed E-state index contributed by atoms with van der Waals surface area (Å²) in [4.78, 5) is 17.6. The molecule has 1 saturated heterocycles. The number of nitrogens with zero attached hydrogens (tertiary/aromatic N) is 2. The molecule has 156 valence electrons. The van der Waals surface area contributed by atoms with Crippen LogP contribution in [-0.4, -0.2) is 48.1 Å². The molecule has 2 fully saturated rings. The molecule has 0 spiro atoms. The topological polar surface area (TPSA) is 32.8 Å². The van der Waals surface area contributed by atoms with Gasteiger partial charge in [0.1, 0.15) is 5.76 Å². The van der Waals surface area contributed by atoms with Gasteiger partial charge in [-0.2, -0.15) is 0 Å². The summed E-state index contributed by atoms with van der Waals surface area (Å²) in [7, 11) is 0. The quantitative estimate of drug-likeness (QED) is 0.699. The van der Waals surface area contributed by atoms with E-state index in [0.29, 0.717) is 12.8 Å². The van der Waals surface area contributed by atoms with Crippen LogP contribution in [0.2, 0.25) is 0 Å². The Kier molecular flexibility index (Phi) is 6.39. The van der Waals surface area contributed by atoms with Gasteiger partial charge in [0.25, 0.3) is 5.91 Å². The van der Waals surface area contributed by atoms with Crippen LogP contribution in [0.1, 0.15) is 69.9 Å². The van der Waals surface area contributed by atoms with E-state index in [0.717, 1.165) is 36.3 Å². The van der Waals surface area contributed by atoms with Crippen LogP contribution < -0.4 is 0 Å². The summed E-state index contributed by atoms with van der Waals surface area (Å²) in [5.41, 5.74) is 4.30. The Morgan fingerprint density at radius 1 is 1.10 bits per heavy atom. The fourth-order valence-electron chi connectivity index (χ4n) is 5.03. The Morgan fingerprint density at radius 3 is 2.55 bits per heavy atom. The lowest BCUT2D eigenvalue weighted by Crippen LogP contribution is -2.43. The SMILES string of the molecule is C/C=C(/CN1CCCCC1)c1ccccc1C1=C(C)C(=O)N(C2CCCC2)CO1. The number of hydrogen-bond donors (Lipinski definition) is 0. The van der Waals surface area contributed by atoms with Crippen molar-refractivity contribution in [1.29, 1.82) is 0 Å². The van der Waals surface area contributed by atoms with Crippen LogP contribution >= 0.6 is 0 Å². The van der Waals surface area contributed by atoms with Gasteiger partial charge in [-0.25, -0.2) is 0 Å². The summed E-state index contributed by atoms with van der Waals surface area (Å²) in [6.07, 6.45) is 10.8. The van der Waals surface area contributed by atoms with Crippen molar-refractivity contribution in [3.05, 3.63) is 47.0 Å². The van der Waals surface area contributed by atoms with Crippen LogP contribution in [0.4, 0.5) is 0 Å². The lowest BCUT2D eigenvalue weighted by atomic mass is 9.94. The number of carbonyl (C=O) groups is 1. The number of likely N-dealkylation sites (tertiary alicyclic amines) is 1. The molecule has 0 radical (unpaired) electrons. The third-order valence-electron chi connectivity index (χ3n) is 6.74. The van der Waals surface area contributed by atoms with Gasteiger partial charge in [0.05, 0.1) is 5.57 Å². The highest BCUT2D eigenvalue weighted by Gasteiger charge is 2.33. The van der Waals surface area contributed by atoms with Gasteiger partial charge < -0.3 is 9.64 Å². The summed E-state index contributed by atoms with van der Waals surface area (Å²) in [6.45, 7) is 7.73. The predicted molar refractivity (Wildman–Crippen MR) is 118 cm³/mol. The first-order valence-electron chi connectivity index (χ1n) is 11.3. The van der Waals surface area contributed by atoms with Crippen molar-refractivity contribution < 1.29 is 9.53 Å². The summed E-state index contributed by atoms with van der Waals surface area (Å²) in [5.74, 6) is 0.906. The van der Waals surface area contributed by atoms with E-state index in [1.807, 2.05) is 17.9 Å². The minimum absolute atomic E-state index is 0.144. The van der Waals surface area contributed by atoms with E-state index in [1.54, 1.807) is 0 Å². The molecule has 1 aromatic carbocycles. The fraction of sp³-hybridized carbons (Fsp3) is 0.560. The molecule has 0 unspecified atom stereocenters. The second kappa shape index (κ2) is 9.17. The van der Waals surface area contributed by atoms with Crippen LogP contribution in [0.15, 0.2) is 35.9 Å². The fourth-order valence-corrected chi connectivity index (χ4v) is 5.03. The molecule has 1 aliphatic carbocycles. The highest BCUT2D eigenvalue weighted by molar-refractivity contribution is 6.01. The zero-order chi connectivity index (χ0) is 20.2. The molecule has 1 saturated carbocycles. The first-order valence-corrected chi connectivity index (χ1v) is 11.3. The molecule has 2 heterocycles. The standard InChI is InChI=1S/C25H34N2O2/c1-3-20(17-26-15-9-4-10-16-26)22-13-7-8-14-23(22)24-19(2)25(28)27(18-29-24)21-11-5-6-12-21/h3,7-8,13-14,21H,4-6,9-12,15-18H2,1-2H3/b20-3-. The van der Waals surface area contributed by atoms with Crippen molar-refractivity contribution in [2.75, 3.05) is 26.4 Å². The molecule has 1 aromatic rings. The van der Waals surface area contributed by atoms with Crippen molar-refractivity contribution in [3.8, 4) is 0 Å². The summed E-state index contributed by atoms with van der Waals surface area (Å²) in [6, 6.07) is 8.76. The first kappa shape index (κ1) is 20.2. The van der Waals surface area contributed by atoms with Gasteiger partial charge in [0.15, 0.2) is 6.73 Å². The van der Waals surface area contributed by atoms with E-state index in [1.165, 1.54) is 56.3 Å². The van der Waals surface area contributed by atoms with Crippen LogP contribution in [0.25, 0.3) is 11.3 Å². The van der Waals surface area contributed by atoms with Crippen molar-refractivity contribution in [3.63, 3.8) is 0 Å². The van der Waals surface area contributed by atoms with Gasteiger partial charge in [-0.1, -0.05) is 49.6 Å². The smallest absolute Gasteiger partial charge is 0.256 e.